The van der Waals surface area contributed by atoms with Gasteiger partial charge in [-0.25, -0.2) is 0 Å². The van der Waals surface area contributed by atoms with Crippen LogP contribution >= 0.6 is 0 Å². The van der Waals surface area contributed by atoms with E-state index in [9.17, 15) is 4.79 Å². The summed E-state index contributed by atoms with van der Waals surface area (Å²) in [5, 5.41) is 4.45. The van der Waals surface area contributed by atoms with E-state index >= 15 is 0 Å². The van der Waals surface area contributed by atoms with Gasteiger partial charge in [0.15, 0.2) is 5.69 Å². The molecule has 0 bridgehead atoms. The Labute approximate surface area is 172 Å². The minimum absolute atomic E-state index is 0.0104. The van der Waals surface area contributed by atoms with Crippen molar-refractivity contribution in [2.24, 2.45) is 7.05 Å². The predicted molar refractivity (Wildman–Crippen MR) is 113 cm³/mol. The number of hydrogen-bond donors (Lipinski definition) is 0. The lowest BCUT2D eigenvalue weighted by Crippen LogP contribution is -2.42. The van der Waals surface area contributed by atoms with E-state index in [1.807, 2.05) is 43.3 Å². The quantitative estimate of drug-likeness (QED) is 0.647. The van der Waals surface area contributed by atoms with Crippen molar-refractivity contribution in [1.29, 1.82) is 0 Å². The van der Waals surface area contributed by atoms with Gasteiger partial charge in [0.1, 0.15) is 0 Å². The molecule has 2 unspecified atom stereocenters. The molecule has 3 aromatic rings. The Kier molecular flexibility index (Phi) is 5.74. The molecule has 5 nitrogen and oxygen atoms in total. The van der Waals surface area contributed by atoms with Crippen molar-refractivity contribution in [3.05, 3.63) is 83.4 Å². The van der Waals surface area contributed by atoms with Crippen LogP contribution in [0.15, 0.2) is 60.9 Å². The van der Waals surface area contributed by atoms with Gasteiger partial charge in [0.2, 0.25) is 0 Å². The summed E-state index contributed by atoms with van der Waals surface area (Å²) in [6, 6.07) is 16.7. The molecule has 0 saturated heterocycles. The minimum atomic E-state index is 0.0104. The molecule has 2 aromatic heterocycles. The third-order valence-electron chi connectivity index (χ3n) is 6.03. The second-order valence-corrected chi connectivity index (χ2v) is 8.02. The van der Waals surface area contributed by atoms with Gasteiger partial charge in [0.25, 0.3) is 5.91 Å². The van der Waals surface area contributed by atoms with Crippen LogP contribution in [-0.2, 0) is 13.6 Å². The summed E-state index contributed by atoms with van der Waals surface area (Å²) in [5.74, 6) is 0.501. The number of nitrogens with zero attached hydrogens (tertiary/aromatic N) is 4. The number of amides is 1. The first kappa shape index (κ1) is 19.4. The molecule has 1 aliphatic rings. The monoisotopic (exact) mass is 388 g/mol. The Morgan fingerprint density at radius 1 is 1.17 bits per heavy atom. The maximum Gasteiger partial charge on any atom is 0.274 e. The maximum atomic E-state index is 13.5. The molecule has 1 aromatic carbocycles. The van der Waals surface area contributed by atoms with Crippen molar-refractivity contribution in [2.45, 2.75) is 51.1 Å². The van der Waals surface area contributed by atoms with E-state index in [1.165, 1.54) is 12.0 Å². The van der Waals surface area contributed by atoms with E-state index in [1.54, 1.807) is 10.9 Å². The third kappa shape index (κ3) is 4.39. The zero-order valence-corrected chi connectivity index (χ0v) is 17.2. The van der Waals surface area contributed by atoms with E-state index in [0.717, 1.165) is 30.5 Å². The zero-order valence-electron chi connectivity index (χ0n) is 17.2. The molecule has 0 radical (unpaired) electrons. The Bertz CT molecular complexity index is 932. The molecule has 150 valence electrons. The van der Waals surface area contributed by atoms with Gasteiger partial charge in [0.05, 0.1) is 0 Å². The van der Waals surface area contributed by atoms with Gasteiger partial charge in [-0.2, -0.15) is 5.10 Å². The molecule has 5 heteroatoms. The fourth-order valence-electron chi connectivity index (χ4n) is 4.34. The summed E-state index contributed by atoms with van der Waals surface area (Å²) in [6.45, 7) is 2.54. The Morgan fingerprint density at radius 2 is 2.00 bits per heavy atom. The highest BCUT2D eigenvalue weighted by atomic mass is 16.2. The van der Waals surface area contributed by atoms with Crippen LogP contribution in [0.2, 0.25) is 0 Å². The number of rotatable bonds is 5. The van der Waals surface area contributed by atoms with Crippen molar-refractivity contribution >= 4 is 5.91 Å². The number of benzene rings is 1. The molecule has 29 heavy (non-hydrogen) atoms. The number of carbonyl (C=O) groups is 1. The molecule has 1 amide bonds. The average molecular weight is 389 g/mol. The molecule has 0 spiro atoms. The number of hydrogen-bond acceptors (Lipinski definition) is 3. The minimum Gasteiger partial charge on any atom is -0.330 e. The van der Waals surface area contributed by atoms with Gasteiger partial charge in [-0.3, -0.25) is 14.5 Å². The lowest BCUT2D eigenvalue weighted by Gasteiger charge is -2.37. The third-order valence-corrected chi connectivity index (χ3v) is 6.03. The first-order valence-electron chi connectivity index (χ1n) is 10.4. The number of aryl methyl sites for hydroxylation is 2. The van der Waals surface area contributed by atoms with Crippen LogP contribution in [0.4, 0.5) is 0 Å². The second kappa shape index (κ2) is 8.60. The molecule has 0 N–H and O–H groups in total. The first-order valence-corrected chi connectivity index (χ1v) is 10.4. The highest BCUT2D eigenvalue weighted by Crippen LogP contribution is 2.36. The van der Waals surface area contributed by atoms with Gasteiger partial charge in [0, 0.05) is 37.7 Å². The summed E-state index contributed by atoms with van der Waals surface area (Å²) in [7, 11) is 1.88. The molecule has 1 fully saturated rings. The Morgan fingerprint density at radius 3 is 2.69 bits per heavy atom. The highest BCUT2D eigenvalue weighted by molar-refractivity contribution is 5.92. The van der Waals surface area contributed by atoms with Crippen LogP contribution in [0.5, 0.6) is 0 Å². The maximum absolute atomic E-state index is 13.5. The van der Waals surface area contributed by atoms with Gasteiger partial charge < -0.3 is 4.90 Å². The molecule has 2 atom stereocenters. The normalized spacial score (nSPS) is 19.1. The molecule has 0 aliphatic heterocycles. The van der Waals surface area contributed by atoms with Crippen molar-refractivity contribution in [2.75, 3.05) is 0 Å². The van der Waals surface area contributed by atoms with E-state index in [0.29, 0.717) is 18.2 Å². The van der Waals surface area contributed by atoms with Crippen molar-refractivity contribution in [3.8, 4) is 0 Å². The predicted octanol–water partition coefficient (Wildman–Crippen LogP) is 4.49. The SMILES string of the molecule is Cc1cc(C(=O)N(Cc2cccnc2)C2CCCC(c3ccccc3)C2)nn1C. The van der Waals surface area contributed by atoms with Crippen LogP contribution in [0, 0.1) is 6.92 Å². The lowest BCUT2D eigenvalue weighted by molar-refractivity contribution is 0.0594. The molecule has 1 saturated carbocycles. The van der Waals surface area contributed by atoms with Crippen LogP contribution in [0.3, 0.4) is 0 Å². The van der Waals surface area contributed by atoms with Crippen LogP contribution in [-0.4, -0.2) is 31.6 Å². The molecule has 2 heterocycles. The zero-order chi connectivity index (χ0) is 20.2. The van der Waals surface area contributed by atoms with E-state index in [-0.39, 0.29) is 11.9 Å². The number of aromatic nitrogens is 3. The number of carbonyl (C=O) groups excluding carboxylic acids is 1. The summed E-state index contributed by atoms with van der Waals surface area (Å²) >= 11 is 0. The molecule has 4 rings (SSSR count). The highest BCUT2D eigenvalue weighted by Gasteiger charge is 2.32. The van der Waals surface area contributed by atoms with E-state index < -0.39 is 0 Å². The van der Waals surface area contributed by atoms with Crippen LogP contribution in [0.25, 0.3) is 0 Å². The topological polar surface area (TPSA) is 51.0 Å². The largest absolute Gasteiger partial charge is 0.330 e. The Hall–Kier alpha value is -2.95. The van der Waals surface area contributed by atoms with Crippen molar-refractivity contribution in [3.63, 3.8) is 0 Å². The van der Waals surface area contributed by atoms with Crippen LogP contribution in [0.1, 0.15) is 58.9 Å². The summed E-state index contributed by atoms with van der Waals surface area (Å²) in [4.78, 5) is 19.7. The smallest absolute Gasteiger partial charge is 0.274 e. The summed E-state index contributed by atoms with van der Waals surface area (Å²) in [5.41, 5.74) is 3.94. The fraction of sp³-hybridized carbons (Fsp3) is 0.375. The van der Waals surface area contributed by atoms with Crippen molar-refractivity contribution < 1.29 is 4.79 Å². The van der Waals surface area contributed by atoms with Crippen LogP contribution < -0.4 is 0 Å². The van der Waals surface area contributed by atoms with Gasteiger partial charge in [-0.05, 0) is 55.4 Å². The van der Waals surface area contributed by atoms with Gasteiger partial charge in [-0.1, -0.05) is 42.8 Å². The summed E-state index contributed by atoms with van der Waals surface area (Å²) in [6.07, 6.45) is 7.94. The second-order valence-electron chi connectivity index (χ2n) is 8.02. The van der Waals surface area contributed by atoms with Gasteiger partial charge in [-0.15, -0.1) is 0 Å². The number of pyridine rings is 1. The first-order chi connectivity index (χ1) is 14.1. The average Bonchev–Trinajstić information content (AvgIpc) is 3.11. The Balaban J connectivity index is 1.61. The standard InChI is InChI=1S/C24H28N4O/c1-18-14-23(26-27(18)2)24(29)28(17-19-8-7-13-25-16-19)22-12-6-11-21(15-22)20-9-4-3-5-10-20/h3-5,7-10,13-14,16,21-22H,6,11-12,15,17H2,1-2H3. The molecular formula is C24H28N4O. The lowest BCUT2D eigenvalue weighted by atomic mass is 9.80. The van der Waals surface area contributed by atoms with E-state index in [4.69, 9.17) is 0 Å². The summed E-state index contributed by atoms with van der Waals surface area (Å²) < 4.78 is 1.77. The molecule has 1 aliphatic carbocycles. The molecular weight excluding hydrogens is 360 g/mol. The van der Waals surface area contributed by atoms with E-state index in [2.05, 4.69) is 40.4 Å². The van der Waals surface area contributed by atoms with Crippen molar-refractivity contribution in [1.82, 2.24) is 19.7 Å². The fourth-order valence-corrected chi connectivity index (χ4v) is 4.34. The van der Waals surface area contributed by atoms with Gasteiger partial charge >= 0.3 is 0 Å².